The number of amides is 1. The molecule has 1 aromatic heterocycles. The molecule has 0 saturated carbocycles. The van der Waals surface area contributed by atoms with Crippen molar-refractivity contribution in [3.05, 3.63) is 28.5 Å². The molecule has 0 bridgehead atoms. The van der Waals surface area contributed by atoms with Crippen molar-refractivity contribution in [3.63, 3.8) is 0 Å². The Labute approximate surface area is 132 Å². The third-order valence-electron chi connectivity index (χ3n) is 3.43. The van der Waals surface area contributed by atoms with E-state index in [2.05, 4.69) is 29.0 Å². The molecule has 21 heavy (non-hydrogen) atoms. The summed E-state index contributed by atoms with van der Waals surface area (Å²) in [4.78, 5) is 18.8. The topological polar surface area (TPSA) is 45.2 Å². The second-order valence-corrected chi connectivity index (χ2v) is 6.48. The van der Waals surface area contributed by atoms with E-state index in [1.165, 1.54) is 0 Å². The van der Waals surface area contributed by atoms with Crippen LogP contribution in [0.4, 0.5) is 0 Å². The van der Waals surface area contributed by atoms with Crippen LogP contribution in [-0.4, -0.2) is 42.0 Å². The van der Waals surface area contributed by atoms with Crippen molar-refractivity contribution in [3.8, 4) is 0 Å². The molecule has 4 nitrogen and oxygen atoms in total. The van der Waals surface area contributed by atoms with E-state index in [1.54, 1.807) is 6.07 Å². The van der Waals surface area contributed by atoms with Crippen molar-refractivity contribution < 1.29 is 4.79 Å². The molecule has 1 N–H and O–H groups in total. The van der Waals surface area contributed by atoms with Crippen LogP contribution in [0.2, 0.25) is 5.15 Å². The number of carbonyl (C=O) groups excluding carboxylic acids is 1. The minimum absolute atomic E-state index is 0.100. The highest BCUT2D eigenvalue weighted by Crippen LogP contribution is 2.23. The van der Waals surface area contributed by atoms with E-state index >= 15 is 0 Å². The fraction of sp³-hybridized carbons (Fsp3) is 0.625. The first kappa shape index (κ1) is 17.9. The number of aromatic nitrogens is 1. The van der Waals surface area contributed by atoms with Crippen LogP contribution >= 0.6 is 11.6 Å². The molecule has 118 valence electrons. The van der Waals surface area contributed by atoms with Crippen molar-refractivity contribution >= 4 is 17.5 Å². The second kappa shape index (κ2) is 7.76. The van der Waals surface area contributed by atoms with Gasteiger partial charge in [-0.1, -0.05) is 46.2 Å². The summed E-state index contributed by atoms with van der Waals surface area (Å²) in [5.41, 5.74) is 1.25. The summed E-state index contributed by atoms with van der Waals surface area (Å²) in [5.74, 6) is -0.100. The van der Waals surface area contributed by atoms with E-state index in [0.29, 0.717) is 17.3 Å². The van der Waals surface area contributed by atoms with Gasteiger partial charge in [0, 0.05) is 29.8 Å². The molecule has 0 aliphatic heterocycles. The van der Waals surface area contributed by atoms with Gasteiger partial charge in [0.15, 0.2) is 0 Å². The Morgan fingerprint density at radius 1 is 1.29 bits per heavy atom. The molecule has 0 aliphatic rings. The predicted octanol–water partition coefficient (Wildman–Crippen LogP) is 3.10. The van der Waals surface area contributed by atoms with E-state index in [4.69, 9.17) is 11.6 Å². The summed E-state index contributed by atoms with van der Waals surface area (Å²) < 4.78 is 0. The number of hydrogen-bond donors (Lipinski definition) is 1. The molecular weight excluding hydrogens is 286 g/mol. The van der Waals surface area contributed by atoms with Gasteiger partial charge in [-0.25, -0.2) is 4.98 Å². The molecular formula is C16H26ClN3O. The van der Waals surface area contributed by atoms with Gasteiger partial charge >= 0.3 is 0 Å². The fourth-order valence-corrected chi connectivity index (χ4v) is 2.19. The zero-order chi connectivity index (χ0) is 16.0. The Balaban J connectivity index is 2.72. The number of hydrogen-bond acceptors (Lipinski definition) is 3. The van der Waals surface area contributed by atoms with Crippen molar-refractivity contribution in [1.82, 2.24) is 15.2 Å². The van der Waals surface area contributed by atoms with Crippen LogP contribution in [0.1, 0.15) is 50.7 Å². The average molecular weight is 312 g/mol. The van der Waals surface area contributed by atoms with Gasteiger partial charge in [-0.3, -0.25) is 4.79 Å². The first-order valence-electron chi connectivity index (χ1n) is 7.46. The maximum Gasteiger partial charge on any atom is 0.251 e. The van der Waals surface area contributed by atoms with Crippen LogP contribution < -0.4 is 5.32 Å². The lowest BCUT2D eigenvalue weighted by molar-refractivity contribution is 0.0948. The predicted molar refractivity (Wildman–Crippen MR) is 88.1 cm³/mol. The van der Waals surface area contributed by atoms with E-state index in [1.807, 2.05) is 26.8 Å². The third kappa shape index (κ3) is 5.64. The molecule has 5 heteroatoms. The molecule has 1 rings (SSSR count). The highest BCUT2D eigenvalue weighted by molar-refractivity contribution is 6.29. The van der Waals surface area contributed by atoms with Gasteiger partial charge in [-0.15, -0.1) is 0 Å². The number of pyridine rings is 1. The minimum atomic E-state index is -0.138. The molecule has 0 unspecified atom stereocenters. The Morgan fingerprint density at radius 3 is 2.43 bits per heavy atom. The second-order valence-electron chi connectivity index (χ2n) is 6.10. The minimum Gasteiger partial charge on any atom is -0.351 e. The summed E-state index contributed by atoms with van der Waals surface area (Å²) in [6, 6.07) is 3.43. The van der Waals surface area contributed by atoms with E-state index in [0.717, 1.165) is 25.3 Å². The van der Waals surface area contributed by atoms with Gasteiger partial charge in [0.05, 0.1) is 0 Å². The van der Waals surface area contributed by atoms with Crippen LogP contribution in [0.3, 0.4) is 0 Å². The highest BCUT2D eigenvalue weighted by atomic mass is 35.5. The lowest BCUT2D eigenvalue weighted by atomic mass is 9.91. The molecule has 0 aliphatic carbocycles. The first-order chi connectivity index (χ1) is 9.77. The lowest BCUT2D eigenvalue weighted by Gasteiger charge is -2.20. The Morgan fingerprint density at radius 2 is 1.90 bits per heavy atom. The van der Waals surface area contributed by atoms with Gasteiger partial charge in [0.2, 0.25) is 0 Å². The van der Waals surface area contributed by atoms with Crippen LogP contribution in [0, 0.1) is 0 Å². The van der Waals surface area contributed by atoms with E-state index < -0.39 is 0 Å². The van der Waals surface area contributed by atoms with Crippen molar-refractivity contribution in [2.45, 2.75) is 40.0 Å². The SMILES string of the molecule is CCN(CC)CCNC(=O)c1cc(Cl)nc(C(C)(C)C)c1. The van der Waals surface area contributed by atoms with Crippen molar-refractivity contribution in [2.75, 3.05) is 26.2 Å². The van der Waals surface area contributed by atoms with Gasteiger partial charge in [-0.05, 0) is 25.2 Å². The molecule has 0 spiro atoms. The molecule has 0 saturated heterocycles. The van der Waals surface area contributed by atoms with Gasteiger partial charge < -0.3 is 10.2 Å². The average Bonchev–Trinajstić information content (AvgIpc) is 2.41. The number of rotatable bonds is 6. The summed E-state index contributed by atoms with van der Waals surface area (Å²) in [5, 5.41) is 3.29. The number of nitrogens with one attached hydrogen (secondary N) is 1. The molecule has 1 aromatic rings. The maximum atomic E-state index is 12.2. The first-order valence-corrected chi connectivity index (χ1v) is 7.84. The summed E-state index contributed by atoms with van der Waals surface area (Å²) in [6.07, 6.45) is 0. The van der Waals surface area contributed by atoms with Gasteiger partial charge in [0.25, 0.3) is 5.91 Å². The zero-order valence-corrected chi connectivity index (χ0v) is 14.4. The molecule has 0 aromatic carbocycles. The normalized spacial score (nSPS) is 11.8. The number of carbonyl (C=O) groups is 1. The van der Waals surface area contributed by atoms with Crippen LogP contribution in [0.5, 0.6) is 0 Å². The summed E-state index contributed by atoms with van der Waals surface area (Å²) >= 11 is 6.03. The molecule has 1 heterocycles. The third-order valence-corrected chi connectivity index (χ3v) is 3.63. The van der Waals surface area contributed by atoms with Gasteiger partial charge in [-0.2, -0.15) is 0 Å². The number of likely N-dealkylation sites (N-methyl/N-ethyl adjacent to an activating group) is 1. The van der Waals surface area contributed by atoms with Crippen LogP contribution in [-0.2, 0) is 5.41 Å². The zero-order valence-electron chi connectivity index (χ0n) is 13.7. The molecule has 0 radical (unpaired) electrons. The summed E-state index contributed by atoms with van der Waals surface area (Å²) in [7, 11) is 0. The Bertz CT molecular complexity index is 479. The van der Waals surface area contributed by atoms with Crippen LogP contribution in [0.25, 0.3) is 0 Å². The highest BCUT2D eigenvalue weighted by Gasteiger charge is 2.18. The fourth-order valence-electron chi connectivity index (χ4n) is 1.98. The monoisotopic (exact) mass is 311 g/mol. The molecule has 0 atom stereocenters. The molecule has 0 fully saturated rings. The lowest BCUT2D eigenvalue weighted by Crippen LogP contribution is -2.35. The quantitative estimate of drug-likeness (QED) is 0.821. The standard InChI is InChI=1S/C16H26ClN3O/c1-6-20(7-2)9-8-18-15(21)12-10-13(16(3,4)5)19-14(17)11-12/h10-11H,6-9H2,1-5H3,(H,18,21). The van der Waals surface area contributed by atoms with Crippen molar-refractivity contribution in [1.29, 1.82) is 0 Å². The molecule has 1 amide bonds. The smallest absolute Gasteiger partial charge is 0.251 e. The summed E-state index contributed by atoms with van der Waals surface area (Å²) in [6.45, 7) is 13.8. The van der Waals surface area contributed by atoms with E-state index in [-0.39, 0.29) is 11.3 Å². The van der Waals surface area contributed by atoms with Crippen LogP contribution in [0.15, 0.2) is 12.1 Å². The van der Waals surface area contributed by atoms with Gasteiger partial charge in [0.1, 0.15) is 5.15 Å². The van der Waals surface area contributed by atoms with E-state index in [9.17, 15) is 4.79 Å². The Kier molecular flexibility index (Phi) is 6.62. The number of nitrogens with zero attached hydrogens (tertiary/aromatic N) is 2. The largest absolute Gasteiger partial charge is 0.351 e. The maximum absolute atomic E-state index is 12.2. The number of halogens is 1. The van der Waals surface area contributed by atoms with Crippen molar-refractivity contribution in [2.24, 2.45) is 0 Å². The Hall–Kier alpha value is -1.13.